The summed E-state index contributed by atoms with van der Waals surface area (Å²) in [7, 11) is 0. The van der Waals surface area contributed by atoms with Gasteiger partial charge in [-0.3, -0.25) is 9.89 Å². The van der Waals surface area contributed by atoms with E-state index in [0.717, 1.165) is 45.3 Å². The molecule has 1 aliphatic rings. The average Bonchev–Trinajstić information content (AvgIpc) is 2.66. The van der Waals surface area contributed by atoms with Gasteiger partial charge < -0.3 is 20.1 Å². The molecule has 28 heavy (non-hydrogen) atoms. The Hall–Kier alpha value is -0.900. The lowest BCUT2D eigenvalue weighted by Crippen LogP contribution is -2.46. The fourth-order valence-corrected chi connectivity index (χ4v) is 3.11. The molecule has 1 aliphatic heterocycles. The van der Waals surface area contributed by atoms with Crippen molar-refractivity contribution in [1.82, 2.24) is 15.5 Å². The summed E-state index contributed by atoms with van der Waals surface area (Å²) in [5.74, 6) is 1.51. The lowest BCUT2D eigenvalue weighted by atomic mass is 10.2. The number of nitrogens with zero attached hydrogens (tertiary/aromatic N) is 2. The predicted octanol–water partition coefficient (Wildman–Crippen LogP) is 2.73. The zero-order valence-electron chi connectivity index (χ0n) is 17.5. The van der Waals surface area contributed by atoms with E-state index >= 15 is 0 Å². The molecule has 0 bridgehead atoms. The number of rotatable bonds is 10. The lowest BCUT2D eigenvalue weighted by molar-refractivity contribution is -0.0261. The van der Waals surface area contributed by atoms with Crippen LogP contribution < -0.4 is 10.6 Å². The molecule has 1 fully saturated rings. The number of aliphatic imine (C=N–C) groups is 1. The van der Waals surface area contributed by atoms with Crippen LogP contribution in [0, 0.1) is 5.92 Å². The highest BCUT2D eigenvalue weighted by Gasteiger charge is 2.20. The normalized spacial score (nSPS) is 18.0. The van der Waals surface area contributed by atoms with Gasteiger partial charge in [0.15, 0.2) is 5.96 Å². The van der Waals surface area contributed by atoms with Crippen molar-refractivity contribution in [1.29, 1.82) is 0 Å². The molecule has 0 spiro atoms. The SMILES string of the molecule is CCNC(=NCC1CN(CC(C)C)CCO1)NCCOCc1ccccc1.I. The Balaban J connectivity index is 0.00000392. The standard InChI is InChI=1S/C21H36N4O2.HI/c1-4-22-21(23-10-12-26-17-19-8-6-5-7-9-19)24-14-20-16-25(11-13-27-20)15-18(2)3;/h5-9,18,20H,4,10-17H2,1-3H3,(H2,22,23,24);1H. The maximum atomic E-state index is 5.88. The maximum Gasteiger partial charge on any atom is 0.191 e. The highest BCUT2D eigenvalue weighted by molar-refractivity contribution is 14.0. The Morgan fingerprint density at radius 1 is 1.29 bits per heavy atom. The molecule has 1 atom stereocenters. The maximum absolute atomic E-state index is 5.88. The Morgan fingerprint density at radius 3 is 2.79 bits per heavy atom. The first-order valence-electron chi connectivity index (χ1n) is 10.1. The van der Waals surface area contributed by atoms with E-state index in [9.17, 15) is 0 Å². The van der Waals surface area contributed by atoms with Crippen molar-refractivity contribution in [2.24, 2.45) is 10.9 Å². The fourth-order valence-electron chi connectivity index (χ4n) is 3.11. The summed E-state index contributed by atoms with van der Waals surface area (Å²) in [6.07, 6.45) is 0.169. The topological polar surface area (TPSA) is 58.1 Å². The van der Waals surface area contributed by atoms with E-state index in [4.69, 9.17) is 14.5 Å². The van der Waals surface area contributed by atoms with Crippen LogP contribution in [0.4, 0.5) is 0 Å². The second-order valence-electron chi connectivity index (χ2n) is 7.33. The van der Waals surface area contributed by atoms with Crippen LogP contribution >= 0.6 is 24.0 Å². The second-order valence-corrected chi connectivity index (χ2v) is 7.33. The molecule has 1 unspecified atom stereocenters. The third-order valence-electron chi connectivity index (χ3n) is 4.29. The van der Waals surface area contributed by atoms with Crippen LogP contribution in [0.25, 0.3) is 0 Å². The van der Waals surface area contributed by atoms with Gasteiger partial charge in [0.2, 0.25) is 0 Å². The molecule has 2 rings (SSSR count). The fraction of sp³-hybridized carbons (Fsp3) is 0.667. The van der Waals surface area contributed by atoms with Crippen molar-refractivity contribution >= 4 is 29.9 Å². The van der Waals surface area contributed by atoms with Crippen LogP contribution in [-0.4, -0.2) is 69.4 Å². The van der Waals surface area contributed by atoms with E-state index in [1.807, 2.05) is 18.2 Å². The van der Waals surface area contributed by atoms with E-state index in [0.29, 0.717) is 25.7 Å². The minimum Gasteiger partial charge on any atom is -0.375 e. The summed E-state index contributed by atoms with van der Waals surface area (Å²) >= 11 is 0. The third kappa shape index (κ3) is 10.6. The summed E-state index contributed by atoms with van der Waals surface area (Å²) in [6.45, 7) is 14.0. The number of guanidine groups is 1. The zero-order valence-corrected chi connectivity index (χ0v) is 19.9. The minimum absolute atomic E-state index is 0. The number of ether oxygens (including phenoxy) is 2. The smallest absolute Gasteiger partial charge is 0.191 e. The molecule has 2 N–H and O–H groups in total. The second kappa shape index (κ2) is 15.0. The van der Waals surface area contributed by atoms with Gasteiger partial charge in [0, 0.05) is 32.7 Å². The Morgan fingerprint density at radius 2 is 2.07 bits per heavy atom. The number of benzene rings is 1. The van der Waals surface area contributed by atoms with Gasteiger partial charge >= 0.3 is 0 Å². The van der Waals surface area contributed by atoms with Crippen molar-refractivity contribution in [2.45, 2.75) is 33.5 Å². The number of morpholine rings is 1. The highest BCUT2D eigenvalue weighted by Crippen LogP contribution is 2.08. The summed E-state index contributed by atoms with van der Waals surface area (Å²) in [5.41, 5.74) is 1.19. The van der Waals surface area contributed by atoms with Gasteiger partial charge in [-0.15, -0.1) is 24.0 Å². The van der Waals surface area contributed by atoms with Gasteiger partial charge in [0.25, 0.3) is 0 Å². The van der Waals surface area contributed by atoms with Gasteiger partial charge in [-0.2, -0.15) is 0 Å². The van der Waals surface area contributed by atoms with E-state index in [1.54, 1.807) is 0 Å². The van der Waals surface area contributed by atoms with E-state index < -0.39 is 0 Å². The molecule has 0 aliphatic carbocycles. The number of hydrogen-bond acceptors (Lipinski definition) is 4. The number of nitrogens with one attached hydrogen (secondary N) is 2. The van der Waals surface area contributed by atoms with E-state index in [-0.39, 0.29) is 30.1 Å². The number of halogens is 1. The average molecular weight is 504 g/mol. The molecule has 0 amide bonds. The molecule has 0 aromatic heterocycles. The molecule has 1 aromatic rings. The molecule has 1 aromatic carbocycles. The summed E-state index contributed by atoms with van der Waals surface area (Å²) in [4.78, 5) is 7.17. The summed E-state index contributed by atoms with van der Waals surface area (Å²) in [6, 6.07) is 10.2. The summed E-state index contributed by atoms with van der Waals surface area (Å²) < 4.78 is 11.6. The molecular weight excluding hydrogens is 467 g/mol. The molecular formula is C21H37IN4O2. The molecule has 1 saturated heterocycles. The molecule has 0 saturated carbocycles. The quantitative estimate of drug-likeness (QED) is 0.222. The van der Waals surface area contributed by atoms with Crippen molar-refractivity contribution in [3.63, 3.8) is 0 Å². The minimum atomic E-state index is 0. The van der Waals surface area contributed by atoms with Gasteiger partial charge in [-0.1, -0.05) is 44.2 Å². The first-order chi connectivity index (χ1) is 13.2. The Kier molecular flexibility index (Phi) is 13.5. The number of hydrogen-bond donors (Lipinski definition) is 2. The van der Waals surface area contributed by atoms with E-state index in [1.165, 1.54) is 5.56 Å². The van der Waals surface area contributed by atoms with Crippen LogP contribution in [0.1, 0.15) is 26.3 Å². The zero-order chi connectivity index (χ0) is 19.3. The largest absolute Gasteiger partial charge is 0.375 e. The molecule has 6 nitrogen and oxygen atoms in total. The van der Waals surface area contributed by atoms with Crippen molar-refractivity contribution < 1.29 is 9.47 Å². The van der Waals surface area contributed by atoms with Crippen LogP contribution in [0.15, 0.2) is 35.3 Å². The predicted molar refractivity (Wildman–Crippen MR) is 127 cm³/mol. The van der Waals surface area contributed by atoms with Crippen LogP contribution in [0.2, 0.25) is 0 Å². The van der Waals surface area contributed by atoms with E-state index in [2.05, 4.69) is 48.4 Å². The van der Waals surface area contributed by atoms with Crippen molar-refractivity contribution in [2.75, 3.05) is 52.5 Å². The van der Waals surface area contributed by atoms with Crippen molar-refractivity contribution in [3.8, 4) is 0 Å². The molecule has 0 radical (unpaired) electrons. The Labute approximate surface area is 187 Å². The van der Waals surface area contributed by atoms with Gasteiger partial charge in [0.1, 0.15) is 0 Å². The van der Waals surface area contributed by atoms with Gasteiger partial charge in [-0.05, 0) is 18.4 Å². The lowest BCUT2D eigenvalue weighted by Gasteiger charge is -2.33. The molecule has 160 valence electrons. The molecule has 7 heteroatoms. The molecule has 1 heterocycles. The van der Waals surface area contributed by atoms with Crippen LogP contribution in [-0.2, 0) is 16.1 Å². The monoisotopic (exact) mass is 504 g/mol. The Bertz CT molecular complexity index is 542. The van der Waals surface area contributed by atoms with Gasteiger partial charge in [0.05, 0.1) is 32.5 Å². The highest BCUT2D eigenvalue weighted by atomic mass is 127. The first kappa shape index (κ1) is 25.1. The van der Waals surface area contributed by atoms with Gasteiger partial charge in [-0.25, -0.2) is 0 Å². The van der Waals surface area contributed by atoms with Crippen LogP contribution in [0.5, 0.6) is 0 Å². The van der Waals surface area contributed by atoms with Crippen molar-refractivity contribution in [3.05, 3.63) is 35.9 Å². The third-order valence-corrected chi connectivity index (χ3v) is 4.29. The first-order valence-corrected chi connectivity index (χ1v) is 10.1. The summed E-state index contributed by atoms with van der Waals surface area (Å²) in [5, 5.41) is 6.62. The van der Waals surface area contributed by atoms with Crippen LogP contribution in [0.3, 0.4) is 0 Å².